The highest BCUT2D eigenvalue weighted by Crippen LogP contribution is 2.25. The fraction of sp³-hybridized carbons (Fsp3) is 0.240. The van der Waals surface area contributed by atoms with Gasteiger partial charge in [0.25, 0.3) is 5.56 Å². The third-order valence-corrected chi connectivity index (χ3v) is 5.44. The van der Waals surface area contributed by atoms with Gasteiger partial charge in [-0.05, 0) is 62.6 Å². The van der Waals surface area contributed by atoms with E-state index in [9.17, 15) is 9.59 Å². The van der Waals surface area contributed by atoms with Gasteiger partial charge >= 0.3 is 0 Å². The molecule has 31 heavy (non-hydrogen) atoms. The molecule has 0 fully saturated rings. The maximum atomic E-state index is 13.0. The number of nitrogens with one attached hydrogen (secondary N) is 1. The summed E-state index contributed by atoms with van der Waals surface area (Å²) in [6, 6.07) is 17.2. The predicted molar refractivity (Wildman–Crippen MR) is 124 cm³/mol. The van der Waals surface area contributed by atoms with Gasteiger partial charge in [0.1, 0.15) is 12.2 Å². The third kappa shape index (κ3) is 4.01. The molecule has 2 heterocycles. The van der Waals surface area contributed by atoms with Gasteiger partial charge in [-0.15, -0.1) is 0 Å². The van der Waals surface area contributed by atoms with Crippen LogP contribution < -0.4 is 10.9 Å². The van der Waals surface area contributed by atoms with Crippen molar-refractivity contribution in [1.29, 1.82) is 0 Å². The molecule has 0 aliphatic rings. The highest BCUT2D eigenvalue weighted by atomic mass is 16.2. The fourth-order valence-corrected chi connectivity index (χ4v) is 3.91. The molecule has 2 aromatic heterocycles. The summed E-state index contributed by atoms with van der Waals surface area (Å²) in [5.41, 5.74) is 5.96. The van der Waals surface area contributed by atoms with Crippen LogP contribution in [-0.4, -0.2) is 20.3 Å². The molecule has 0 saturated heterocycles. The summed E-state index contributed by atoms with van der Waals surface area (Å²) < 4.78 is 3.28. The van der Waals surface area contributed by atoms with Crippen LogP contribution in [0.2, 0.25) is 0 Å². The van der Waals surface area contributed by atoms with Crippen molar-refractivity contribution < 1.29 is 4.79 Å². The van der Waals surface area contributed by atoms with E-state index in [1.807, 2.05) is 76.2 Å². The number of benzene rings is 2. The van der Waals surface area contributed by atoms with E-state index >= 15 is 0 Å². The number of carbonyl (C=O) groups excluding carboxylic acids is 1. The Kier molecular flexibility index (Phi) is 5.46. The lowest BCUT2D eigenvalue weighted by Gasteiger charge is -2.13. The van der Waals surface area contributed by atoms with Crippen LogP contribution in [0.4, 0.5) is 5.69 Å². The standard InChI is InChI=1S/C25H26N4O2/c1-5-19-14-23(31)28(15-22(30)26-20-8-6-7-17(3)13-20)25-24(19)18(4)27-29(25)21-11-9-16(2)10-12-21/h6-14H,5,15H2,1-4H3,(H,26,30). The lowest BCUT2D eigenvalue weighted by Crippen LogP contribution is -2.29. The molecule has 158 valence electrons. The van der Waals surface area contributed by atoms with E-state index in [4.69, 9.17) is 5.10 Å². The molecule has 0 radical (unpaired) electrons. The van der Waals surface area contributed by atoms with Gasteiger partial charge in [0.15, 0.2) is 0 Å². The number of hydrogen-bond acceptors (Lipinski definition) is 3. The minimum Gasteiger partial charge on any atom is -0.325 e. The Labute approximate surface area is 181 Å². The smallest absolute Gasteiger partial charge is 0.252 e. The average molecular weight is 415 g/mol. The number of pyridine rings is 1. The van der Waals surface area contributed by atoms with E-state index in [0.29, 0.717) is 17.8 Å². The molecule has 4 rings (SSSR count). The Morgan fingerprint density at radius 1 is 1.00 bits per heavy atom. The highest BCUT2D eigenvalue weighted by molar-refractivity contribution is 5.92. The van der Waals surface area contributed by atoms with E-state index in [1.165, 1.54) is 4.57 Å². The van der Waals surface area contributed by atoms with Gasteiger partial charge in [-0.1, -0.05) is 36.8 Å². The first-order valence-electron chi connectivity index (χ1n) is 10.4. The summed E-state index contributed by atoms with van der Waals surface area (Å²) in [4.78, 5) is 25.9. The Morgan fingerprint density at radius 3 is 2.42 bits per heavy atom. The second kappa shape index (κ2) is 8.22. The average Bonchev–Trinajstić information content (AvgIpc) is 3.07. The van der Waals surface area contributed by atoms with Crippen molar-refractivity contribution in [2.45, 2.75) is 40.7 Å². The second-order valence-corrected chi connectivity index (χ2v) is 7.90. The first kappa shape index (κ1) is 20.6. The number of carbonyl (C=O) groups is 1. The molecule has 0 unspecified atom stereocenters. The van der Waals surface area contributed by atoms with Crippen LogP contribution in [-0.2, 0) is 17.8 Å². The molecular weight excluding hydrogens is 388 g/mol. The second-order valence-electron chi connectivity index (χ2n) is 7.90. The number of aromatic nitrogens is 3. The van der Waals surface area contributed by atoms with Crippen LogP contribution in [0.1, 0.15) is 29.3 Å². The topological polar surface area (TPSA) is 68.9 Å². The zero-order valence-electron chi connectivity index (χ0n) is 18.3. The molecule has 6 nitrogen and oxygen atoms in total. The summed E-state index contributed by atoms with van der Waals surface area (Å²) in [6.45, 7) is 7.86. The molecule has 0 bridgehead atoms. The van der Waals surface area contributed by atoms with Crippen molar-refractivity contribution in [1.82, 2.24) is 14.3 Å². The number of anilines is 1. The Bertz CT molecular complexity index is 1330. The summed E-state index contributed by atoms with van der Waals surface area (Å²) in [6.07, 6.45) is 0.711. The number of nitrogens with zero attached hydrogens (tertiary/aromatic N) is 3. The normalized spacial score (nSPS) is 11.1. The van der Waals surface area contributed by atoms with E-state index in [1.54, 1.807) is 10.7 Å². The molecular formula is C25H26N4O2. The molecule has 0 atom stereocenters. The van der Waals surface area contributed by atoms with Gasteiger partial charge in [0.05, 0.1) is 11.4 Å². The van der Waals surface area contributed by atoms with Crippen molar-refractivity contribution in [3.8, 4) is 5.69 Å². The number of hydrogen-bond donors (Lipinski definition) is 1. The first-order valence-corrected chi connectivity index (χ1v) is 10.4. The van der Waals surface area contributed by atoms with Crippen molar-refractivity contribution in [2.24, 2.45) is 0 Å². The van der Waals surface area contributed by atoms with Gasteiger partial charge in [0, 0.05) is 17.1 Å². The lowest BCUT2D eigenvalue weighted by molar-refractivity contribution is -0.116. The van der Waals surface area contributed by atoms with Crippen molar-refractivity contribution in [3.63, 3.8) is 0 Å². The largest absolute Gasteiger partial charge is 0.325 e. The molecule has 1 N–H and O–H groups in total. The van der Waals surface area contributed by atoms with Gasteiger partial charge in [-0.3, -0.25) is 14.2 Å². The van der Waals surface area contributed by atoms with Gasteiger partial charge in [0.2, 0.25) is 5.91 Å². The maximum absolute atomic E-state index is 13.0. The lowest BCUT2D eigenvalue weighted by atomic mass is 10.1. The van der Waals surface area contributed by atoms with E-state index < -0.39 is 0 Å². The van der Waals surface area contributed by atoms with Crippen molar-refractivity contribution >= 4 is 22.6 Å². The maximum Gasteiger partial charge on any atom is 0.252 e. The minimum atomic E-state index is -0.257. The van der Waals surface area contributed by atoms with Crippen LogP contribution in [0, 0.1) is 20.8 Å². The zero-order chi connectivity index (χ0) is 22.1. The molecule has 0 aliphatic carbocycles. The SMILES string of the molecule is CCc1cc(=O)n(CC(=O)Nc2cccc(C)c2)c2c1c(C)nn2-c1ccc(C)cc1. The third-order valence-electron chi connectivity index (χ3n) is 5.44. The molecule has 4 aromatic rings. The fourth-order valence-electron chi connectivity index (χ4n) is 3.91. The first-order chi connectivity index (χ1) is 14.9. The molecule has 2 aromatic carbocycles. The molecule has 0 spiro atoms. The van der Waals surface area contributed by atoms with E-state index in [2.05, 4.69) is 5.32 Å². The molecule has 0 aliphatic heterocycles. The number of amides is 1. The summed E-state index contributed by atoms with van der Waals surface area (Å²) in [7, 11) is 0. The minimum absolute atomic E-state index is 0.0930. The number of fused-ring (bicyclic) bond motifs is 1. The van der Waals surface area contributed by atoms with Crippen LogP contribution >= 0.6 is 0 Å². The monoisotopic (exact) mass is 414 g/mol. The van der Waals surface area contributed by atoms with E-state index in [-0.39, 0.29) is 18.0 Å². The van der Waals surface area contributed by atoms with Gasteiger partial charge < -0.3 is 5.32 Å². The summed E-state index contributed by atoms with van der Waals surface area (Å²) in [5.74, 6) is -0.257. The Balaban J connectivity index is 1.84. The van der Waals surface area contributed by atoms with Crippen molar-refractivity contribution in [2.75, 3.05) is 5.32 Å². The molecule has 1 amide bonds. The van der Waals surface area contributed by atoms with Gasteiger partial charge in [-0.2, -0.15) is 5.10 Å². The number of aryl methyl sites for hydroxylation is 4. The molecule has 6 heteroatoms. The zero-order valence-corrected chi connectivity index (χ0v) is 18.3. The van der Waals surface area contributed by atoms with Crippen LogP contribution in [0.3, 0.4) is 0 Å². The quantitative estimate of drug-likeness (QED) is 0.529. The highest BCUT2D eigenvalue weighted by Gasteiger charge is 2.19. The van der Waals surface area contributed by atoms with Crippen LogP contribution in [0.5, 0.6) is 0 Å². The van der Waals surface area contributed by atoms with E-state index in [0.717, 1.165) is 33.5 Å². The summed E-state index contributed by atoms with van der Waals surface area (Å²) in [5, 5.41) is 8.55. The number of rotatable bonds is 5. The Morgan fingerprint density at radius 2 is 1.74 bits per heavy atom. The van der Waals surface area contributed by atoms with Crippen LogP contribution in [0.25, 0.3) is 16.7 Å². The Hall–Kier alpha value is -3.67. The summed E-state index contributed by atoms with van der Waals surface area (Å²) >= 11 is 0. The van der Waals surface area contributed by atoms with Crippen molar-refractivity contribution in [3.05, 3.63) is 87.3 Å². The van der Waals surface area contributed by atoms with Gasteiger partial charge in [-0.25, -0.2) is 4.68 Å². The predicted octanol–water partition coefficient (Wildman–Crippen LogP) is 4.31. The van der Waals surface area contributed by atoms with Crippen LogP contribution in [0.15, 0.2) is 59.4 Å². The molecule has 0 saturated carbocycles.